The molecule has 0 aromatic rings. The summed E-state index contributed by atoms with van der Waals surface area (Å²) in [6, 6.07) is 0.185. The van der Waals surface area contributed by atoms with E-state index in [0.717, 1.165) is 6.42 Å². The third-order valence-corrected chi connectivity index (χ3v) is 1.22. The molecule has 1 atom stereocenters. The number of hydrogen-bond donors (Lipinski definition) is 1. The fourth-order valence-corrected chi connectivity index (χ4v) is 0.821. The van der Waals surface area contributed by atoms with Gasteiger partial charge in [0.25, 0.3) is 0 Å². The second-order valence-corrected chi connectivity index (χ2v) is 2.65. The molecule has 0 aromatic heterocycles. The summed E-state index contributed by atoms with van der Waals surface area (Å²) in [5, 5.41) is 0. The zero-order valence-corrected chi connectivity index (χ0v) is 7.09. The van der Waals surface area contributed by atoms with Crippen LogP contribution in [0.4, 0.5) is 0 Å². The van der Waals surface area contributed by atoms with Crippen molar-refractivity contribution in [3.8, 4) is 0 Å². The molecule has 0 amide bonds. The van der Waals surface area contributed by atoms with Crippen LogP contribution in [0.15, 0.2) is 23.8 Å². The molecule has 0 aromatic carbocycles. The van der Waals surface area contributed by atoms with E-state index in [4.69, 9.17) is 5.73 Å². The van der Waals surface area contributed by atoms with Gasteiger partial charge in [-0.15, -0.1) is 0 Å². The van der Waals surface area contributed by atoms with Gasteiger partial charge in [-0.1, -0.05) is 23.8 Å². The van der Waals surface area contributed by atoms with Crippen molar-refractivity contribution in [2.75, 3.05) is 0 Å². The molecule has 0 aliphatic rings. The Balaban J connectivity index is 3.71. The van der Waals surface area contributed by atoms with Gasteiger partial charge in [0, 0.05) is 6.04 Å². The molecule has 2 N–H and O–H groups in total. The van der Waals surface area contributed by atoms with Crippen LogP contribution in [-0.2, 0) is 0 Å². The monoisotopic (exact) mass is 139 g/mol. The van der Waals surface area contributed by atoms with Crippen molar-refractivity contribution in [2.45, 2.75) is 33.2 Å². The standard InChI is InChI=1S/C9H17N/c1-4-5-6-8(2)7-9(3)10/h4-5,7,9H,6,10H2,1-3H3/b5-4-,8-7-. The zero-order chi connectivity index (χ0) is 7.98. The molecule has 1 unspecified atom stereocenters. The van der Waals surface area contributed by atoms with Gasteiger partial charge >= 0.3 is 0 Å². The SMILES string of the molecule is C/C=C\C/C(C)=C\C(C)N. The van der Waals surface area contributed by atoms with Crippen molar-refractivity contribution in [1.82, 2.24) is 0 Å². The van der Waals surface area contributed by atoms with E-state index in [9.17, 15) is 0 Å². The van der Waals surface area contributed by atoms with Crippen LogP contribution in [0.25, 0.3) is 0 Å². The first-order valence-electron chi connectivity index (χ1n) is 3.71. The molecule has 58 valence electrons. The van der Waals surface area contributed by atoms with Gasteiger partial charge in [0.1, 0.15) is 0 Å². The van der Waals surface area contributed by atoms with Crippen molar-refractivity contribution in [2.24, 2.45) is 5.73 Å². The van der Waals surface area contributed by atoms with Crippen molar-refractivity contribution < 1.29 is 0 Å². The van der Waals surface area contributed by atoms with Crippen molar-refractivity contribution >= 4 is 0 Å². The van der Waals surface area contributed by atoms with Gasteiger partial charge in [-0.3, -0.25) is 0 Å². The van der Waals surface area contributed by atoms with Gasteiger partial charge in [0.2, 0.25) is 0 Å². The highest BCUT2D eigenvalue weighted by Crippen LogP contribution is 2.01. The Bertz CT molecular complexity index is 132. The lowest BCUT2D eigenvalue weighted by molar-refractivity contribution is 0.907. The average Bonchev–Trinajstić information content (AvgIpc) is 1.82. The molecule has 0 saturated heterocycles. The molecule has 0 saturated carbocycles. The second kappa shape index (κ2) is 5.24. The molecule has 0 spiro atoms. The fourth-order valence-electron chi connectivity index (χ4n) is 0.821. The maximum Gasteiger partial charge on any atom is 0.0197 e. The minimum absolute atomic E-state index is 0.185. The Labute approximate surface area is 63.6 Å². The molecule has 1 nitrogen and oxygen atoms in total. The molecule has 1 heteroatoms. The molecule has 0 heterocycles. The van der Waals surface area contributed by atoms with E-state index in [0.29, 0.717) is 0 Å². The lowest BCUT2D eigenvalue weighted by atomic mass is 10.1. The van der Waals surface area contributed by atoms with Gasteiger partial charge in [-0.25, -0.2) is 0 Å². The molecule has 0 bridgehead atoms. The highest BCUT2D eigenvalue weighted by Gasteiger charge is 1.88. The molecule has 10 heavy (non-hydrogen) atoms. The predicted octanol–water partition coefficient (Wildman–Crippen LogP) is 2.25. The fraction of sp³-hybridized carbons (Fsp3) is 0.556. The summed E-state index contributed by atoms with van der Waals surface area (Å²) in [6.07, 6.45) is 7.30. The van der Waals surface area contributed by atoms with Gasteiger partial charge in [0.05, 0.1) is 0 Å². The minimum atomic E-state index is 0.185. The lowest BCUT2D eigenvalue weighted by Crippen LogP contribution is -2.11. The normalized spacial score (nSPS) is 16.2. The van der Waals surface area contributed by atoms with Crippen LogP contribution in [-0.4, -0.2) is 6.04 Å². The molecular formula is C9H17N. The largest absolute Gasteiger partial charge is 0.325 e. The quantitative estimate of drug-likeness (QED) is 0.596. The number of rotatable bonds is 3. The van der Waals surface area contributed by atoms with Crippen molar-refractivity contribution in [3.05, 3.63) is 23.8 Å². The molecule has 0 fully saturated rings. The van der Waals surface area contributed by atoms with E-state index in [2.05, 4.69) is 25.2 Å². The predicted molar refractivity (Wildman–Crippen MR) is 46.8 cm³/mol. The summed E-state index contributed by atoms with van der Waals surface area (Å²) in [7, 11) is 0. The molecule has 0 rings (SSSR count). The van der Waals surface area contributed by atoms with E-state index in [1.165, 1.54) is 5.57 Å². The third kappa shape index (κ3) is 5.57. The van der Waals surface area contributed by atoms with Crippen LogP contribution < -0.4 is 5.73 Å². The minimum Gasteiger partial charge on any atom is -0.325 e. The number of nitrogens with two attached hydrogens (primary N) is 1. The van der Waals surface area contributed by atoms with Crippen molar-refractivity contribution in [3.63, 3.8) is 0 Å². The Morgan fingerprint density at radius 1 is 1.60 bits per heavy atom. The summed E-state index contributed by atoms with van der Waals surface area (Å²) in [5.41, 5.74) is 6.91. The summed E-state index contributed by atoms with van der Waals surface area (Å²) < 4.78 is 0. The highest BCUT2D eigenvalue weighted by atomic mass is 14.6. The topological polar surface area (TPSA) is 26.0 Å². The molecule has 0 aliphatic heterocycles. The van der Waals surface area contributed by atoms with Gasteiger partial charge in [-0.2, -0.15) is 0 Å². The number of hydrogen-bond acceptors (Lipinski definition) is 1. The maximum absolute atomic E-state index is 5.56. The van der Waals surface area contributed by atoms with Crippen LogP contribution in [0, 0.1) is 0 Å². The Morgan fingerprint density at radius 3 is 2.60 bits per heavy atom. The first-order chi connectivity index (χ1) is 4.66. The second-order valence-electron chi connectivity index (χ2n) is 2.65. The van der Waals surface area contributed by atoms with E-state index >= 15 is 0 Å². The molecule has 0 radical (unpaired) electrons. The van der Waals surface area contributed by atoms with Crippen LogP contribution >= 0.6 is 0 Å². The summed E-state index contributed by atoms with van der Waals surface area (Å²) in [6.45, 7) is 6.11. The summed E-state index contributed by atoms with van der Waals surface area (Å²) in [5.74, 6) is 0. The van der Waals surface area contributed by atoms with E-state index < -0.39 is 0 Å². The van der Waals surface area contributed by atoms with Gasteiger partial charge in [-0.05, 0) is 27.2 Å². The van der Waals surface area contributed by atoms with Crippen LogP contribution in [0.2, 0.25) is 0 Å². The van der Waals surface area contributed by atoms with E-state index in [1.54, 1.807) is 0 Å². The number of allylic oxidation sites excluding steroid dienone is 3. The summed E-state index contributed by atoms with van der Waals surface area (Å²) in [4.78, 5) is 0. The van der Waals surface area contributed by atoms with Gasteiger partial charge in [0.15, 0.2) is 0 Å². The van der Waals surface area contributed by atoms with E-state index in [1.807, 2.05) is 13.8 Å². The highest BCUT2D eigenvalue weighted by molar-refractivity contribution is 5.06. The van der Waals surface area contributed by atoms with Gasteiger partial charge < -0.3 is 5.73 Å². The third-order valence-electron chi connectivity index (χ3n) is 1.22. The molecular weight excluding hydrogens is 122 g/mol. The van der Waals surface area contributed by atoms with E-state index in [-0.39, 0.29) is 6.04 Å². The lowest BCUT2D eigenvalue weighted by Gasteiger charge is -1.98. The summed E-state index contributed by atoms with van der Waals surface area (Å²) >= 11 is 0. The zero-order valence-electron chi connectivity index (χ0n) is 7.09. The van der Waals surface area contributed by atoms with Crippen LogP contribution in [0.5, 0.6) is 0 Å². The average molecular weight is 139 g/mol. The maximum atomic E-state index is 5.56. The first kappa shape index (κ1) is 9.44. The Kier molecular flexibility index (Phi) is 4.95. The van der Waals surface area contributed by atoms with Crippen LogP contribution in [0.1, 0.15) is 27.2 Å². The Hall–Kier alpha value is -0.560. The first-order valence-corrected chi connectivity index (χ1v) is 3.71. The van der Waals surface area contributed by atoms with Crippen LogP contribution in [0.3, 0.4) is 0 Å². The Morgan fingerprint density at radius 2 is 2.20 bits per heavy atom. The smallest absolute Gasteiger partial charge is 0.0197 e. The molecule has 0 aliphatic carbocycles. The van der Waals surface area contributed by atoms with Crippen molar-refractivity contribution in [1.29, 1.82) is 0 Å².